The number of halogens is 4. The number of benzene rings is 1. The molecule has 2 N–H and O–H groups in total. The molecule has 1 aromatic rings. The fourth-order valence-electron chi connectivity index (χ4n) is 1.58. The van der Waals surface area contributed by atoms with Gasteiger partial charge in [0.15, 0.2) is 0 Å². The second-order valence-corrected chi connectivity index (χ2v) is 4.17. The lowest BCUT2D eigenvalue weighted by Crippen LogP contribution is -2.30. The molecule has 0 spiro atoms. The van der Waals surface area contributed by atoms with Crippen molar-refractivity contribution in [3.63, 3.8) is 0 Å². The van der Waals surface area contributed by atoms with E-state index in [1.165, 1.54) is 25.3 Å². The summed E-state index contributed by atoms with van der Waals surface area (Å²) in [5.74, 6) is -0.393. The van der Waals surface area contributed by atoms with E-state index < -0.39 is 18.5 Å². The molecule has 0 aliphatic carbocycles. The summed E-state index contributed by atoms with van der Waals surface area (Å²) < 4.78 is 42.0. The van der Waals surface area contributed by atoms with Gasteiger partial charge in [-0.1, -0.05) is 18.2 Å². The lowest BCUT2D eigenvalue weighted by atomic mass is 10.1. The number of hydrogen-bond donors (Lipinski definition) is 2. The molecule has 0 radical (unpaired) electrons. The van der Waals surface area contributed by atoms with Crippen LogP contribution >= 0.6 is 12.4 Å². The average Bonchev–Trinajstić information content (AvgIpc) is 2.35. The van der Waals surface area contributed by atoms with Crippen LogP contribution in [0, 0.1) is 0 Å². The first-order valence-electron chi connectivity index (χ1n) is 6.06. The van der Waals surface area contributed by atoms with E-state index in [0.717, 1.165) is 0 Å². The molecule has 1 rings (SSSR count). The minimum atomic E-state index is -4.31. The van der Waals surface area contributed by atoms with Crippen LogP contribution in [0.2, 0.25) is 0 Å². The molecule has 0 aliphatic rings. The number of amides is 1. The molecule has 1 aromatic carbocycles. The summed E-state index contributed by atoms with van der Waals surface area (Å²) in [4.78, 5) is 11.6. The van der Waals surface area contributed by atoms with E-state index in [0.29, 0.717) is 13.2 Å². The highest BCUT2D eigenvalue weighted by Gasteiger charge is 2.28. The van der Waals surface area contributed by atoms with Crippen molar-refractivity contribution in [2.24, 2.45) is 0 Å². The number of ether oxygens (including phenoxy) is 1. The number of para-hydroxylation sites is 1. The van der Waals surface area contributed by atoms with Gasteiger partial charge >= 0.3 is 6.18 Å². The van der Waals surface area contributed by atoms with E-state index in [1.807, 2.05) is 0 Å². The van der Waals surface area contributed by atoms with Crippen LogP contribution < -0.4 is 10.6 Å². The topological polar surface area (TPSA) is 50.4 Å². The van der Waals surface area contributed by atoms with Crippen LogP contribution in [0.4, 0.5) is 18.9 Å². The third-order valence-electron chi connectivity index (χ3n) is 2.45. The Labute approximate surface area is 127 Å². The van der Waals surface area contributed by atoms with Crippen LogP contribution in [-0.4, -0.2) is 38.9 Å². The molecule has 0 atom stereocenters. The van der Waals surface area contributed by atoms with Gasteiger partial charge in [-0.15, -0.1) is 12.4 Å². The first-order chi connectivity index (χ1) is 9.42. The van der Waals surface area contributed by atoms with Gasteiger partial charge in [0.2, 0.25) is 5.91 Å². The van der Waals surface area contributed by atoms with E-state index >= 15 is 0 Å². The number of rotatable bonds is 7. The molecule has 0 unspecified atom stereocenters. The highest BCUT2D eigenvalue weighted by Crippen LogP contribution is 2.25. The van der Waals surface area contributed by atoms with Crippen LogP contribution in [0.25, 0.3) is 0 Å². The average molecular weight is 327 g/mol. The van der Waals surface area contributed by atoms with E-state index in [-0.39, 0.29) is 30.2 Å². The van der Waals surface area contributed by atoms with Crippen LogP contribution in [0.5, 0.6) is 0 Å². The minimum absolute atomic E-state index is 0. The fraction of sp³-hybridized carbons (Fsp3) is 0.462. The molecule has 120 valence electrons. The molecule has 21 heavy (non-hydrogen) atoms. The Morgan fingerprint density at radius 2 is 1.95 bits per heavy atom. The molecule has 0 saturated carbocycles. The zero-order valence-electron chi connectivity index (χ0n) is 11.5. The summed E-state index contributed by atoms with van der Waals surface area (Å²) in [6.07, 6.45) is -5.38. The Kier molecular flexibility index (Phi) is 9.00. The van der Waals surface area contributed by atoms with Gasteiger partial charge in [-0.3, -0.25) is 4.79 Å². The highest BCUT2D eigenvalue weighted by molar-refractivity contribution is 5.93. The number of anilines is 1. The fourth-order valence-corrected chi connectivity index (χ4v) is 1.58. The molecule has 1 amide bonds. The van der Waals surface area contributed by atoms with Crippen LogP contribution in [0.15, 0.2) is 24.3 Å². The molecule has 0 aliphatic heterocycles. The van der Waals surface area contributed by atoms with Crippen molar-refractivity contribution < 1.29 is 22.7 Å². The van der Waals surface area contributed by atoms with Crippen LogP contribution in [-0.2, 0) is 16.0 Å². The first-order valence-corrected chi connectivity index (χ1v) is 6.06. The molecule has 0 bridgehead atoms. The zero-order chi connectivity index (χ0) is 15.0. The summed E-state index contributed by atoms with van der Waals surface area (Å²) in [7, 11) is 1.54. The second-order valence-electron chi connectivity index (χ2n) is 4.17. The number of alkyl halides is 3. The Morgan fingerprint density at radius 1 is 1.29 bits per heavy atom. The van der Waals surface area contributed by atoms with E-state index in [1.54, 1.807) is 6.07 Å². The Bertz CT molecular complexity index is 442. The van der Waals surface area contributed by atoms with Gasteiger partial charge in [0, 0.05) is 19.3 Å². The summed E-state index contributed by atoms with van der Waals surface area (Å²) in [5.41, 5.74) is 0.230. The Morgan fingerprint density at radius 3 is 2.57 bits per heavy atom. The summed E-state index contributed by atoms with van der Waals surface area (Å²) in [6.45, 7) is 0.968. The van der Waals surface area contributed by atoms with E-state index in [9.17, 15) is 18.0 Å². The van der Waals surface area contributed by atoms with Gasteiger partial charge in [0.25, 0.3) is 0 Å². The molecule has 0 heterocycles. The molecule has 0 saturated heterocycles. The van der Waals surface area contributed by atoms with Gasteiger partial charge in [0.05, 0.1) is 19.6 Å². The predicted octanol–water partition coefficient (Wildman–Crippen LogP) is 2.39. The third kappa shape index (κ3) is 8.54. The third-order valence-corrected chi connectivity index (χ3v) is 2.45. The smallest absolute Gasteiger partial charge is 0.383 e. The molecular weight excluding hydrogens is 309 g/mol. The van der Waals surface area contributed by atoms with Gasteiger partial charge < -0.3 is 15.4 Å². The lowest BCUT2D eigenvalue weighted by Gasteiger charge is -2.13. The van der Waals surface area contributed by atoms with Crippen molar-refractivity contribution in [2.75, 3.05) is 32.1 Å². The van der Waals surface area contributed by atoms with Crippen molar-refractivity contribution in [3.8, 4) is 0 Å². The maximum absolute atomic E-state index is 12.4. The second kappa shape index (κ2) is 9.59. The number of carbonyl (C=O) groups is 1. The summed E-state index contributed by atoms with van der Waals surface area (Å²) in [5, 5.41) is 5.28. The normalized spacial score (nSPS) is 10.9. The Hall–Kier alpha value is -1.31. The van der Waals surface area contributed by atoms with Crippen molar-refractivity contribution in [1.29, 1.82) is 0 Å². The van der Waals surface area contributed by atoms with Gasteiger partial charge in [-0.05, 0) is 11.6 Å². The summed E-state index contributed by atoms with van der Waals surface area (Å²) >= 11 is 0. The quantitative estimate of drug-likeness (QED) is 0.756. The molecule has 0 aromatic heterocycles. The largest absolute Gasteiger partial charge is 0.393 e. The monoisotopic (exact) mass is 326 g/mol. The van der Waals surface area contributed by atoms with E-state index in [4.69, 9.17) is 4.74 Å². The predicted molar refractivity (Wildman–Crippen MR) is 76.8 cm³/mol. The highest BCUT2D eigenvalue weighted by atomic mass is 35.5. The standard InChI is InChI=1S/C13H17F3N2O2.ClH/c1-20-7-6-17-9-12(19)18-11-5-3-2-4-10(11)8-13(14,15)16;/h2-5,17H,6-9H2,1H3,(H,18,19);1H. The zero-order valence-corrected chi connectivity index (χ0v) is 12.3. The van der Waals surface area contributed by atoms with Gasteiger partial charge in [0.1, 0.15) is 0 Å². The van der Waals surface area contributed by atoms with Crippen molar-refractivity contribution >= 4 is 24.0 Å². The first kappa shape index (κ1) is 19.7. The van der Waals surface area contributed by atoms with Gasteiger partial charge in [-0.2, -0.15) is 13.2 Å². The van der Waals surface area contributed by atoms with E-state index in [2.05, 4.69) is 10.6 Å². The summed E-state index contributed by atoms with van der Waals surface area (Å²) in [6, 6.07) is 5.89. The molecule has 0 fully saturated rings. The number of carbonyl (C=O) groups excluding carboxylic acids is 1. The minimum Gasteiger partial charge on any atom is -0.383 e. The van der Waals surface area contributed by atoms with Crippen LogP contribution in [0.3, 0.4) is 0 Å². The maximum atomic E-state index is 12.4. The van der Waals surface area contributed by atoms with Crippen molar-refractivity contribution in [1.82, 2.24) is 5.32 Å². The van der Waals surface area contributed by atoms with Crippen LogP contribution in [0.1, 0.15) is 5.56 Å². The number of nitrogens with one attached hydrogen (secondary N) is 2. The number of methoxy groups -OCH3 is 1. The Balaban J connectivity index is 0.00000400. The van der Waals surface area contributed by atoms with Crippen molar-refractivity contribution in [3.05, 3.63) is 29.8 Å². The lowest BCUT2D eigenvalue weighted by molar-refractivity contribution is -0.127. The SMILES string of the molecule is COCCNCC(=O)Nc1ccccc1CC(F)(F)F.Cl. The molecular formula is C13H18ClF3N2O2. The number of hydrogen-bond acceptors (Lipinski definition) is 3. The van der Waals surface area contributed by atoms with Crippen molar-refractivity contribution in [2.45, 2.75) is 12.6 Å². The molecule has 4 nitrogen and oxygen atoms in total. The molecule has 8 heteroatoms. The van der Waals surface area contributed by atoms with Gasteiger partial charge in [-0.25, -0.2) is 0 Å². The maximum Gasteiger partial charge on any atom is 0.393 e.